The number of amides is 2. The van der Waals surface area contributed by atoms with Crippen molar-refractivity contribution in [3.63, 3.8) is 0 Å². The van der Waals surface area contributed by atoms with Crippen LogP contribution in [-0.4, -0.2) is 41.0 Å². The van der Waals surface area contributed by atoms with Crippen LogP contribution >= 0.6 is 11.6 Å². The fourth-order valence-electron chi connectivity index (χ4n) is 2.70. The lowest BCUT2D eigenvalue weighted by atomic mass is 9.95. The van der Waals surface area contributed by atoms with Crippen LogP contribution in [0.15, 0.2) is 42.5 Å². The fraction of sp³-hybridized carbons (Fsp3) is 0.222. The van der Waals surface area contributed by atoms with Crippen molar-refractivity contribution in [1.29, 1.82) is 0 Å². The second-order valence-corrected chi connectivity index (χ2v) is 6.34. The number of benzene rings is 2. The molecule has 0 aromatic heterocycles. The largest absolute Gasteiger partial charge is 0.389 e. The number of carbonyl (C=O) groups is 2. The summed E-state index contributed by atoms with van der Waals surface area (Å²) in [6.07, 6.45) is 0.0567. The highest BCUT2D eigenvalue weighted by Gasteiger charge is 2.30. The molecule has 0 aliphatic carbocycles. The molecule has 0 atom stereocenters. The molecular formula is C18H17ClN2O3. The van der Waals surface area contributed by atoms with Crippen molar-refractivity contribution in [1.82, 2.24) is 4.90 Å². The zero-order chi connectivity index (χ0) is 17.3. The summed E-state index contributed by atoms with van der Waals surface area (Å²) in [5.41, 5.74) is 7.86. The highest BCUT2D eigenvalue weighted by atomic mass is 35.5. The van der Waals surface area contributed by atoms with Gasteiger partial charge in [0.25, 0.3) is 5.91 Å². The summed E-state index contributed by atoms with van der Waals surface area (Å²) >= 11 is 5.90. The topological polar surface area (TPSA) is 83.6 Å². The minimum absolute atomic E-state index is 0.202. The summed E-state index contributed by atoms with van der Waals surface area (Å²) in [4.78, 5) is 25.6. The van der Waals surface area contributed by atoms with Crippen LogP contribution in [0.1, 0.15) is 31.8 Å². The quantitative estimate of drug-likeness (QED) is 0.887. The van der Waals surface area contributed by atoms with Gasteiger partial charge < -0.3 is 15.7 Å². The van der Waals surface area contributed by atoms with Crippen LogP contribution < -0.4 is 5.73 Å². The van der Waals surface area contributed by atoms with Crippen molar-refractivity contribution < 1.29 is 14.7 Å². The molecule has 0 spiro atoms. The zero-order valence-corrected chi connectivity index (χ0v) is 13.7. The molecule has 24 heavy (non-hydrogen) atoms. The molecule has 2 aromatic rings. The number of primary amides is 1. The number of likely N-dealkylation sites (tertiary alicyclic amines) is 1. The van der Waals surface area contributed by atoms with Crippen molar-refractivity contribution in [2.75, 3.05) is 13.1 Å². The molecule has 0 radical (unpaired) electrons. The third kappa shape index (κ3) is 3.42. The smallest absolute Gasteiger partial charge is 0.254 e. The van der Waals surface area contributed by atoms with E-state index in [1.807, 2.05) is 12.1 Å². The summed E-state index contributed by atoms with van der Waals surface area (Å²) in [6.45, 7) is 0.611. The van der Waals surface area contributed by atoms with Crippen LogP contribution in [0, 0.1) is 0 Å². The Morgan fingerprint density at radius 3 is 2.42 bits per heavy atom. The molecule has 1 fully saturated rings. The lowest BCUT2D eigenvalue weighted by Crippen LogP contribution is -2.53. The molecule has 1 aliphatic heterocycles. The van der Waals surface area contributed by atoms with Gasteiger partial charge in [-0.25, -0.2) is 0 Å². The Hall–Kier alpha value is -2.37. The molecule has 0 unspecified atom stereocenters. The Morgan fingerprint density at radius 2 is 1.83 bits per heavy atom. The van der Waals surface area contributed by atoms with Crippen molar-refractivity contribution in [2.24, 2.45) is 5.73 Å². The number of halogens is 1. The Morgan fingerprint density at radius 1 is 1.17 bits per heavy atom. The van der Waals surface area contributed by atoms with Crippen LogP contribution in [0.4, 0.5) is 0 Å². The number of rotatable bonds is 4. The van der Waals surface area contributed by atoms with Crippen LogP contribution in [0.25, 0.3) is 0 Å². The molecule has 124 valence electrons. The minimum Gasteiger partial charge on any atom is -0.389 e. The highest BCUT2D eigenvalue weighted by Crippen LogP contribution is 2.22. The van der Waals surface area contributed by atoms with Gasteiger partial charge in [-0.1, -0.05) is 29.8 Å². The molecule has 2 amide bonds. The van der Waals surface area contributed by atoms with Gasteiger partial charge in [-0.15, -0.1) is 0 Å². The maximum atomic E-state index is 12.7. The Kier molecular flexibility index (Phi) is 4.55. The number of nitrogens with two attached hydrogens (primary N) is 1. The molecule has 1 aliphatic rings. The number of hydrogen-bond donors (Lipinski definition) is 2. The molecule has 1 saturated heterocycles. The molecule has 1 heterocycles. The fourth-order valence-corrected chi connectivity index (χ4v) is 2.82. The number of β-amino-alcohol motifs (C(OH)–C–C–N with tert-alkyl or cyclic N) is 1. The van der Waals surface area contributed by atoms with E-state index < -0.39 is 12.0 Å². The minimum atomic E-state index is -0.578. The van der Waals surface area contributed by atoms with Gasteiger partial charge in [0.2, 0.25) is 5.91 Å². The number of nitrogens with zero attached hydrogens (tertiary/aromatic N) is 1. The van der Waals surface area contributed by atoms with Gasteiger partial charge in [-0.3, -0.25) is 9.59 Å². The van der Waals surface area contributed by atoms with E-state index in [-0.39, 0.29) is 5.91 Å². The summed E-state index contributed by atoms with van der Waals surface area (Å²) < 4.78 is 0. The summed E-state index contributed by atoms with van der Waals surface area (Å²) in [7, 11) is 0. The molecule has 5 nitrogen and oxygen atoms in total. The van der Waals surface area contributed by atoms with Crippen molar-refractivity contribution >= 4 is 23.4 Å². The monoisotopic (exact) mass is 344 g/mol. The highest BCUT2D eigenvalue weighted by molar-refractivity contribution is 6.30. The molecule has 6 heteroatoms. The first kappa shape index (κ1) is 16.5. The van der Waals surface area contributed by atoms with E-state index in [4.69, 9.17) is 17.3 Å². The number of hydrogen-bond acceptors (Lipinski definition) is 3. The summed E-state index contributed by atoms with van der Waals surface area (Å²) in [6, 6.07) is 12.3. The first-order valence-corrected chi connectivity index (χ1v) is 7.96. The average molecular weight is 345 g/mol. The Bertz CT molecular complexity index is 783. The number of aliphatic hydroxyl groups excluding tert-OH is 1. The van der Waals surface area contributed by atoms with E-state index in [1.165, 1.54) is 6.07 Å². The molecule has 0 saturated carbocycles. The first-order chi connectivity index (χ1) is 11.4. The number of carbonyl (C=O) groups excluding carboxylic acids is 2. The van der Waals surface area contributed by atoms with Gasteiger partial charge >= 0.3 is 0 Å². The third-order valence-electron chi connectivity index (χ3n) is 4.08. The molecule has 3 rings (SSSR count). The predicted molar refractivity (Wildman–Crippen MR) is 91.1 cm³/mol. The average Bonchev–Trinajstić information content (AvgIpc) is 2.53. The van der Waals surface area contributed by atoms with Crippen molar-refractivity contribution in [3.8, 4) is 0 Å². The zero-order valence-electron chi connectivity index (χ0n) is 12.9. The van der Waals surface area contributed by atoms with Gasteiger partial charge in [0, 0.05) is 29.2 Å². The normalized spacial score (nSPS) is 14.3. The molecular weight excluding hydrogens is 328 g/mol. The predicted octanol–water partition coefficient (Wildman–Crippen LogP) is 1.85. The van der Waals surface area contributed by atoms with E-state index in [9.17, 15) is 14.7 Å². The van der Waals surface area contributed by atoms with Crippen LogP contribution in [0.3, 0.4) is 0 Å². The van der Waals surface area contributed by atoms with Gasteiger partial charge in [0.1, 0.15) is 0 Å². The van der Waals surface area contributed by atoms with Crippen LogP contribution in [-0.2, 0) is 6.42 Å². The lowest BCUT2D eigenvalue weighted by molar-refractivity contribution is 0.00582. The van der Waals surface area contributed by atoms with Gasteiger partial charge in [-0.05, 0) is 41.8 Å². The second kappa shape index (κ2) is 6.63. The third-order valence-corrected chi connectivity index (χ3v) is 4.33. The second-order valence-electron chi connectivity index (χ2n) is 5.90. The molecule has 3 N–H and O–H groups in total. The standard InChI is InChI=1S/C18H17ClN2O3/c19-14-5-1-11(2-6-14)7-12-3-4-13(17(20)23)8-16(12)18(24)21-9-15(22)10-21/h1-6,8,15,22H,7,9-10H2,(H2,20,23). The van der Waals surface area contributed by atoms with E-state index in [0.717, 1.165) is 11.1 Å². The summed E-state index contributed by atoms with van der Waals surface area (Å²) in [5, 5.41) is 10.1. The van der Waals surface area contributed by atoms with E-state index in [0.29, 0.717) is 35.7 Å². The van der Waals surface area contributed by atoms with Crippen LogP contribution in [0.2, 0.25) is 5.02 Å². The van der Waals surface area contributed by atoms with Gasteiger partial charge in [0.05, 0.1) is 6.10 Å². The molecule has 2 aromatic carbocycles. The Labute approximate surface area is 144 Å². The number of aliphatic hydroxyl groups is 1. The molecule has 0 bridgehead atoms. The lowest BCUT2D eigenvalue weighted by Gasteiger charge is -2.36. The maximum absolute atomic E-state index is 12.7. The summed E-state index contributed by atoms with van der Waals surface area (Å²) in [5.74, 6) is -0.780. The van der Waals surface area contributed by atoms with E-state index in [1.54, 1.807) is 29.2 Å². The maximum Gasteiger partial charge on any atom is 0.254 e. The van der Waals surface area contributed by atoms with Gasteiger partial charge in [0.15, 0.2) is 0 Å². The Balaban J connectivity index is 1.93. The van der Waals surface area contributed by atoms with Crippen LogP contribution in [0.5, 0.6) is 0 Å². The van der Waals surface area contributed by atoms with Gasteiger partial charge in [-0.2, -0.15) is 0 Å². The first-order valence-electron chi connectivity index (χ1n) is 7.58. The van der Waals surface area contributed by atoms with Crippen molar-refractivity contribution in [2.45, 2.75) is 12.5 Å². The van der Waals surface area contributed by atoms with E-state index in [2.05, 4.69) is 0 Å². The van der Waals surface area contributed by atoms with E-state index >= 15 is 0 Å². The van der Waals surface area contributed by atoms with Crippen molar-refractivity contribution in [3.05, 3.63) is 69.7 Å². The SMILES string of the molecule is NC(=O)c1ccc(Cc2ccc(Cl)cc2)c(C(=O)N2CC(O)C2)c1.